The number of rotatable bonds is 1. The van der Waals surface area contributed by atoms with Gasteiger partial charge in [0.05, 0.1) is 10.5 Å². The van der Waals surface area contributed by atoms with Crippen LogP contribution in [0.25, 0.3) is 10.9 Å². The van der Waals surface area contributed by atoms with Crippen LogP contribution in [-0.4, -0.2) is 16.1 Å². The van der Waals surface area contributed by atoms with Crippen molar-refractivity contribution in [3.63, 3.8) is 0 Å². The van der Waals surface area contributed by atoms with Crippen molar-refractivity contribution in [3.8, 4) is 0 Å². The summed E-state index contributed by atoms with van der Waals surface area (Å²) >= 11 is 6.05. The molecule has 4 nitrogen and oxygen atoms in total. The number of aromatic nitrogens is 1. The van der Waals surface area contributed by atoms with Crippen LogP contribution in [0, 0.1) is 6.92 Å². The first-order valence-electron chi connectivity index (χ1n) is 4.63. The van der Waals surface area contributed by atoms with Crippen molar-refractivity contribution in [1.82, 2.24) is 10.5 Å². The molecule has 1 heterocycles. The van der Waals surface area contributed by atoms with Gasteiger partial charge in [-0.2, -0.15) is 0 Å². The highest BCUT2D eigenvalue weighted by molar-refractivity contribution is 6.35. The number of hydrogen-bond acceptors (Lipinski definition) is 3. The van der Waals surface area contributed by atoms with E-state index in [1.54, 1.807) is 29.7 Å². The van der Waals surface area contributed by atoms with E-state index >= 15 is 0 Å². The number of hydrogen-bond donors (Lipinski definition) is 2. The van der Waals surface area contributed by atoms with Gasteiger partial charge in [0.15, 0.2) is 0 Å². The zero-order chi connectivity index (χ0) is 11.7. The van der Waals surface area contributed by atoms with Gasteiger partial charge < -0.3 is 0 Å². The molecule has 0 bridgehead atoms. The quantitative estimate of drug-likeness (QED) is 0.590. The molecule has 5 heteroatoms. The molecule has 16 heavy (non-hydrogen) atoms. The highest BCUT2D eigenvalue weighted by Crippen LogP contribution is 2.24. The highest BCUT2D eigenvalue weighted by Gasteiger charge is 2.08. The summed E-state index contributed by atoms with van der Waals surface area (Å²) in [6.45, 7) is 1.85. The molecule has 0 fully saturated rings. The number of fused-ring (bicyclic) bond motifs is 1. The number of carbonyl (C=O) groups is 1. The van der Waals surface area contributed by atoms with Crippen LogP contribution in [0.4, 0.5) is 0 Å². The molecular formula is C11H9ClN2O2. The Bertz CT molecular complexity index is 569. The summed E-state index contributed by atoms with van der Waals surface area (Å²) in [6, 6.07) is 6.59. The number of aryl methyl sites for hydroxylation is 1. The van der Waals surface area contributed by atoms with Crippen LogP contribution in [0.1, 0.15) is 16.1 Å². The van der Waals surface area contributed by atoms with Crippen LogP contribution in [0.5, 0.6) is 0 Å². The lowest BCUT2D eigenvalue weighted by atomic mass is 10.1. The maximum absolute atomic E-state index is 11.2. The number of pyridine rings is 1. The second-order valence-corrected chi connectivity index (χ2v) is 3.83. The maximum Gasteiger partial charge on any atom is 0.274 e. The smallest absolute Gasteiger partial charge is 0.274 e. The molecule has 0 saturated carbocycles. The minimum Gasteiger partial charge on any atom is -0.288 e. The van der Waals surface area contributed by atoms with Gasteiger partial charge in [0.2, 0.25) is 0 Å². The first-order chi connectivity index (χ1) is 7.61. The molecule has 0 atom stereocenters. The van der Waals surface area contributed by atoms with E-state index in [1.807, 2.05) is 6.92 Å². The molecule has 1 aromatic carbocycles. The number of benzene rings is 1. The third-order valence-corrected chi connectivity index (χ3v) is 2.56. The summed E-state index contributed by atoms with van der Waals surface area (Å²) in [5, 5.41) is 9.75. The summed E-state index contributed by atoms with van der Waals surface area (Å²) in [4.78, 5) is 15.5. The van der Waals surface area contributed by atoms with E-state index in [4.69, 9.17) is 16.8 Å². The van der Waals surface area contributed by atoms with Crippen molar-refractivity contribution in [1.29, 1.82) is 0 Å². The normalized spacial score (nSPS) is 10.4. The van der Waals surface area contributed by atoms with Gasteiger partial charge in [-0.05, 0) is 31.2 Å². The van der Waals surface area contributed by atoms with Crippen LogP contribution in [-0.2, 0) is 0 Å². The van der Waals surface area contributed by atoms with Crippen molar-refractivity contribution in [3.05, 3.63) is 40.5 Å². The monoisotopic (exact) mass is 236 g/mol. The Morgan fingerprint density at radius 2 is 2.19 bits per heavy atom. The molecule has 1 aromatic heterocycles. The van der Waals surface area contributed by atoms with Gasteiger partial charge in [-0.3, -0.25) is 15.0 Å². The fourth-order valence-corrected chi connectivity index (χ4v) is 1.82. The van der Waals surface area contributed by atoms with Crippen molar-refractivity contribution >= 4 is 28.4 Å². The maximum atomic E-state index is 11.2. The molecule has 0 saturated heterocycles. The van der Waals surface area contributed by atoms with Gasteiger partial charge in [0.1, 0.15) is 0 Å². The van der Waals surface area contributed by atoms with Gasteiger partial charge in [0, 0.05) is 16.6 Å². The average molecular weight is 237 g/mol. The van der Waals surface area contributed by atoms with Crippen LogP contribution >= 0.6 is 11.6 Å². The lowest BCUT2D eigenvalue weighted by Crippen LogP contribution is -2.18. The van der Waals surface area contributed by atoms with E-state index in [-0.39, 0.29) is 0 Å². The summed E-state index contributed by atoms with van der Waals surface area (Å²) in [5.74, 6) is -0.571. The van der Waals surface area contributed by atoms with Gasteiger partial charge >= 0.3 is 0 Å². The van der Waals surface area contributed by atoms with Gasteiger partial charge in [-0.15, -0.1) is 0 Å². The predicted octanol–water partition coefficient (Wildman–Crippen LogP) is 2.32. The van der Waals surface area contributed by atoms with Crippen LogP contribution in [0.3, 0.4) is 0 Å². The van der Waals surface area contributed by atoms with E-state index in [0.29, 0.717) is 16.0 Å². The number of carbonyl (C=O) groups excluding carboxylic acids is 1. The summed E-state index contributed by atoms with van der Waals surface area (Å²) in [7, 11) is 0. The minimum absolute atomic E-state index is 0.336. The summed E-state index contributed by atoms with van der Waals surface area (Å²) in [5.41, 5.74) is 3.45. The molecule has 2 aromatic rings. The fraction of sp³-hybridized carbons (Fsp3) is 0.0909. The molecule has 82 valence electrons. The summed E-state index contributed by atoms with van der Waals surface area (Å²) < 4.78 is 0. The molecule has 1 amide bonds. The molecule has 0 aliphatic carbocycles. The first-order valence-corrected chi connectivity index (χ1v) is 5.01. The molecule has 0 aliphatic rings. The molecule has 0 unspecified atom stereocenters. The van der Waals surface area contributed by atoms with E-state index in [9.17, 15) is 4.79 Å². The Labute approximate surface area is 96.8 Å². The molecular weight excluding hydrogens is 228 g/mol. The molecule has 2 rings (SSSR count). The van der Waals surface area contributed by atoms with Crippen molar-refractivity contribution in [2.45, 2.75) is 6.92 Å². The van der Waals surface area contributed by atoms with Gasteiger partial charge in [0.25, 0.3) is 5.91 Å². The zero-order valence-corrected chi connectivity index (χ0v) is 9.25. The zero-order valence-electron chi connectivity index (χ0n) is 8.49. The second kappa shape index (κ2) is 4.08. The van der Waals surface area contributed by atoms with E-state index in [1.165, 1.54) is 0 Å². The number of amides is 1. The van der Waals surface area contributed by atoms with Crippen molar-refractivity contribution < 1.29 is 10.0 Å². The average Bonchev–Trinajstić information content (AvgIpc) is 2.27. The number of hydroxylamine groups is 1. The van der Waals surface area contributed by atoms with Crippen molar-refractivity contribution in [2.75, 3.05) is 0 Å². The highest BCUT2D eigenvalue weighted by atomic mass is 35.5. The Kier molecular flexibility index (Phi) is 2.77. The summed E-state index contributed by atoms with van der Waals surface area (Å²) in [6.07, 6.45) is 0. The van der Waals surface area contributed by atoms with Gasteiger partial charge in [-0.25, -0.2) is 5.48 Å². The lowest BCUT2D eigenvalue weighted by molar-refractivity contribution is 0.0706. The molecule has 0 radical (unpaired) electrons. The van der Waals surface area contributed by atoms with Crippen LogP contribution in [0.15, 0.2) is 24.3 Å². The van der Waals surface area contributed by atoms with E-state index in [2.05, 4.69) is 4.98 Å². The fourth-order valence-electron chi connectivity index (χ4n) is 1.51. The minimum atomic E-state index is -0.571. The Hall–Kier alpha value is -1.65. The van der Waals surface area contributed by atoms with E-state index in [0.717, 1.165) is 11.2 Å². The van der Waals surface area contributed by atoms with Crippen molar-refractivity contribution in [2.24, 2.45) is 0 Å². The third-order valence-electron chi connectivity index (χ3n) is 2.25. The Balaban J connectivity index is 2.66. The predicted molar refractivity (Wildman–Crippen MR) is 60.7 cm³/mol. The number of nitrogens with one attached hydrogen (secondary N) is 1. The molecule has 0 spiro atoms. The largest absolute Gasteiger partial charge is 0.288 e. The Morgan fingerprint density at radius 1 is 1.44 bits per heavy atom. The van der Waals surface area contributed by atoms with Gasteiger partial charge in [-0.1, -0.05) is 11.6 Å². The second-order valence-electron chi connectivity index (χ2n) is 3.42. The third kappa shape index (κ3) is 1.85. The van der Waals surface area contributed by atoms with Crippen LogP contribution < -0.4 is 5.48 Å². The topological polar surface area (TPSA) is 62.2 Å². The van der Waals surface area contributed by atoms with E-state index < -0.39 is 5.91 Å². The van der Waals surface area contributed by atoms with Crippen LogP contribution in [0.2, 0.25) is 5.02 Å². The standard InChI is InChI=1S/C11H9ClN2O2/c1-6-4-9(12)8-5-7(11(15)14-16)2-3-10(8)13-6/h2-5,16H,1H3,(H,14,15). The SMILES string of the molecule is Cc1cc(Cl)c2cc(C(=O)NO)ccc2n1. The number of halogens is 1. The lowest BCUT2D eigenvalue weighted by Gasteiger charge is -2.04. The first kappa shape index (κ1) is 10.9. The number of nitrogens with zero attached hydrogens (tertiary/aromatic N) is 1. The Morgan fingerprint density at radius 3 is 2.88 bits per heavy atom. The molecule has 0 aliphatic heterocycles. The molecule has 2 N–H and O–H groups in total.